The van der Waals surface area contributed by atoms with Crippen molar-refractivity contribution in [3.05, 3.63) is 65.5 Å². The van der Waals surface area contributed by atoms with Gasteiger partial charge >= 0.3 is 0 Å². The Labute approximate surface area is 140 Å². The molecular weight excluding hydrogens is 311 g/mol. The van der Waals surface area contributed by atoms with Crippen molar-refractivity contribution in [2.24, 2.45) is 5.73 Å². The van der Waals surface area contributed by atoms with Crippen LogP contribution < -0.4 is 15.8 Å². The van der Waals surface area contributed by atoms with Gasteiger partial charge in [0, 0.05) is 19.2 Å². The van der Waals surface area contributed by atoms with Crippen LogP contribution in [0.1, 0.15) is 18.1 Å². The van der Waals surface area contributed by atoms with E-state index in [2.05, 4.69) is 5.32 Å². The largest absolute Gasteiger partial charge is 0.489 e. The van der Waals surface area contributed by atoms with Crippen LogP contribution in [0.5, 0.6) is 5.75 Å². The van der Waals surface area contributed by atoms with Crippen molar-refractivity contribution in [1.29, 1.82) is 0 Å². The standard InChI is InChI=1S/C18H21FN2O3/c1-18(23-2,17(20)22)21-11-13-7-9-15(10-8-13)24-12-14-5-3-4-6-16(14)19/h3-10,21H,11-12H2,1-2H3,(H2,20,22). The number of hydrogen-bond donors (Lipinski definition) is 2. The number of hydrogen-bond acceptors (Lipinski definition) is 4. The molecule has 0 saturated carbocycles. The van der Waals surface area contributed by atoms with Crippen LogP contribution in [0.15, 0.2) is 48.5 Å². The van der Waals surface area contributed by atoms with Gasteiger partial charge in [0.1, 0.15) is 18.2 Å². The van der Waals surface area contributed by atoms with Gasteiger partial charge in [0.15, 0.2) is 5.72 Å². The molecule has 2 rings (SSSR count). The molecule has 128 valence electrons. The molecule has 0 bridgehead atoms. The van der Waals surface area contributed by atoms with Crippen molar-refractivity contribution < 1.29 is 18.7 Å². The number of nitrogens with one attached hydrogen (secondary N) is 1. The summed E-state index contributed by atoms with van der Waals surface area (Å²) in [5.41, 5.74) is 5.51. The van der Waals surface area contributed by atoms with Gasteiger partial charge in [-0.05, 0) is 30.7 Å². The maximum absolute atomic E-state index is 13.5. The second-order valence-corrected chi connectivity index (χ2v) is 5.48. The maximum atomic E-state index is 13.5. The number of benzene rings is 2. The fraction of sp³-hybridized carbons (Fsp3) is 0.278. The summed E-state index contributed by atoms with van der Waals surface area (Å²) in [6.45, 7) is 2.13. The molecule has 0 aromatic heterocycles. The Morgan fingerprint density at radius 1 is 1.21 bits per heavy atom. The minimum atomic E-state index is -1.22. The molecule has 3 N–H and O–H groups in total. The molecule has 24 heavy (non-hydrogen) atoms. The number of methoxy groups -OCH3 is 1. The molecule has 0 heterocycles. The summed E-state index contributed by atoms with van der Waals surface area (Å²) in [7, 11) is 1.41. The van der Waals surface area contributed by atoms with Crippen molar-refractivity contribution in [2.45, 2.75) is 25.8 Å². The minimum absolute atomic E-state index is 0.160. The second kappa shape index (κ2) is 7.90. The van der Waals surface area contributed by atoms with E-state index in [9.17, 15) is 9.18 Å². The van der Waals surface area contributed by atoms with Gasteiger partial charge in [0.2, 0.25) is 0 Å². The Morgan fingerprint density at radius 3 is 2.46 bits per heavy atom. The van der Waals surface area contributed by atoms with Crippen molar-refractivity contribution in [1.82, 2.24) is 5.32 Å². The van der Waals surface area contributed by atoms with Crippen LogP contribution in [0.2, 0.25) is 0 Å². The first-order chi connectivity index (χ1) is 11.4. The number of halogens is 1. The molecule has 1 unspecified atom stereocenters. The first-order valence-corrected chi connectivity index (χ1v) is 7.50. The summed E-state index contributed by atoms with van der Waals surface area (Å²) in [5, 5.41) is 2.96. The highest BCUT2D eigenvalue weighted by Crippen LogP contribution is 2.16. The first-order valence-electron chi connectivity index (χ1n) is 7.50. The van der Waals surface area contributed by atoms with E-state index in [0.29, 0.717) is 17.9 Å². The van der Waals surface area contributed by atoms with Gasteiger partial charge in [0.25, 0.3) is 5.91 Å². The Balaban J connectivity index is 1.91. The first kappa shape index (κ1) is 17.9. The lowest BCUT2D eigenvalue weighted by Gasteiger charge is -2.25. The summed E-state index contributed by atoms with van der Waals surface area (Å²) in [4.78, 5) is 11.4. The monoisotopic (exact) mass is 332 g/mol. The Bertz CT molecular complexity index is 691. The van der Waals surface area contributed by atoms with Crippen LogP contribution in [-0.4, -0.2) is 18.7 Å². The van der Waals surface area contributed by atoms with E-state index < -0.39 is 11.6 Å². The SMILES string of the molecule is COC(C)(NCc1ccc(OCc2ccccc2F)cc1)C(N)=O. The van der Waals surface area contributed by atoms with Gasteiger partial charge in [-0.2, -0.15) is 0 Å². The molecule has 2 aromatic carbocycles. The van der Waals surface area contributed by atoms with Crippen molar-refractivity contribution >= 4 is 5.91 Å². The van der Waals surface area contributed by atoms with Crippen molar-refractivity contribution in [3.63, 3.8) is 0 Å². The third kappa shape index (κ3) is 4.53. The van der Waals surface area contributed by atoms with Crippen LogP contribution in [0.4, 0.5) is 4.39 Å². The fourth-order valence-corrected chi connectivity index (χ4v) is 2.01. The summed E-state index contributed by atoms with van der Waals surface area (Å²) in [6, 6.07) is 13.8. The Morgan fingerprint density at radius 2 is 1.88 bits per heavy atom. The molecule has 2 aromatic rings. The molecule has 5 nitrogen and oxygen atoms in total. The van der Waals surface area contributed by atoms with Gasteiger partial charge in [-0.1, -0.05) is 30.3 Å². The van der Waals surface area contributed by atoms with E-state index in [1.807, 2.05) is 12.1 Å². The lowest BCUT2D eigenvalue weighted by molar-refractivity contribution is -0.142. The van der Waals surface area contributed by atoms with Gasteiger partial charge in [0.05, 0.1) is 0 Å². The van der Waals surface area contributed by atoms with E-state index in [-0.39, 0.29) is 12.4 Å². The summed E-state index contributed by atoms with van der Waals surface area (Å²) < 4.78 is 24.2. The summed E-state index contributed by atoms with van der Waals surface area (Å²) >= 11 is 0. The smallest absolute Gasteiger partial charge is 0.264 e. The third-order valence-electron chi connectivity index (χ3n) is 3.78. The van der Waals surface area contributed by atoms with E-state index in [1.54, 1.807) is 37.3 Å². The van der Waals surface area contributed by atoms with E-state index in [4.69, 9.17) is 15.2 Å². The van der Waals surface area contributed by atoms with E-state index in [0.717, 1.165) is 5.56 Å². The molecular formula is C18H21FN2O3. The zero-order valence-corrected chi connectivity index (χ0v) is 13.7. The van der Waals surface area contributed by atoms with Gasteiger partial charge in [-0.3, -0.25) is 10.1 Å². The normalized spacial score (nSPS) is 13.3. The molecule has 0 saturated heterocycles. The van der Waals surface area contributed by atoms with Gasteiger partial charge in [-0.15, -0.1) is 0 Å². The van der Waals surface area contributed by atoms with Crippen LogP contribution in [0.3, 0.4) is 0 Å². The highest BCUT2D eigenvalue weighted by molar-refractivity contribution is 5.82. The molecule has 0 radical (unpaired) electrons. The molecule has 0 aliphatic rings. The predicted octanol–water partition coefficient (Wildman–Crippen LogP) is 2.34. The lowest BCUT2D eigenvalue weighted by atomic mass is 10.1. The average Bonchev–Trinajstić information content (AvgIpc) is 2.59. The quantitative estimate of drug-likeness (QED) is 0.728. The van der Waals surface area contributed by atoms with Gasteiger partial charge in [-0.25, -0.2) is 4.39 Å². The molecule has 1 amide bonds. The predicted molar refractivity (Wildman–Crippen MR) is 88.6 cm³/mol. The fourth-order valence-electron chi connectivity index (χ4n) is 2.01. The summed E-state index contributed by atoms with van der Waals surface area (Å²) in [5.74, 6) is -0.245. The van der Waals surface area contributed by atoms with Crippen molar-refractivity contribution in [2.75, 3.05) is 7.11 Å². The highest BCUT2D eigenvalue weighted by atomic mass is 19.1. The third-order valence-corrected chi connectivity index (χ3v) is 3.78. The van der Waals surface area contributed by atoms with E-state index >= 15 is 0 Å². The topological polar surface area (TPSA) is 73.6 Å². The molecule has 1 atom stereocenters. The lowest BCUT2D eigenvalue weighted by Crippen LogP contribution is -2.54. The minimum Gasteiger partial charge on any atom is -0.489 e. The number of nitrogens with two attached hydrogens (primary N) is 1. The van der Waals surface area contributed by atoms with Crippen molar-refractivity contribution in [3.8, 4) is 5.75 Å². The Kier molecular flexibility index (Phi) is 5.89. The van der Waals surface area contributed by atoms with Crippen LogP contribution in [-0.2, 0) is 22.7 Å². The average molecular weight is 332 g/mol. The number of rotatable bonds is 8. The number of ether oxygens (including phenoxy) is 2. The zero-order valence-electron chi connectivity index (χ0n) is 13.7. The van der Waals surface area contributed by atoms with Crippen LogP contribution >= 0.6 is 0 Å². The zero-order chi connectivity index (χ0) is 17.6. The molecule has 6 heteroatoms. The number of primary amides is 1. The maximum Gasteiger partial charge on any atom is 0.264 e. The highest BCUT2D eigenvalue weighted by Gasteiger charge is 2.29. The molecule has 0 spiro atoms. The molecule has 0 aliphatic carbocycles. The summed E-state index contributed by atoms with van der Waals surface area (Å²) in [6.07, 6.45) is 0. The van der Waals surface area contributed by atoms with Gasteiger partial charge < -0.3 is 15.2 Å². The molecule has 0 aliphatic heterocycles. The van der Waals surface area contributed by atoms with Crippen LogP contribution in [0, 0.1) is 5.82 Å². The number of amides is 1. The second-order valence-electron chi connectivity index (χ2n) is 5.48. The number of carbonyl (C=O) groups is 1. The molecule has 0 fully saturated rings. The Hall–Kier alpha value is -2.44. The van der Waals surface area contributed by atoms with Crippen LogP contribution in [0.25, 0.3) is 0 Å². The van der Waals surface area contributed by atoms with E-state index in [1.165, 1.54) is 13.2 Å². The number of carbonyl (C=O) groups excluding carboxylic acids is 1.